The van der Waals surface area contributed by atoms with Crippen LogP contribution in [0.5, 0.6) is 11.5 Å². The van der Waals surface area contributed by atoms with Crippen LogP contribution in [0, 0.1) is 13.8 Å². The highest BCUT2D eigenvalue weighted by Gasteiger charge is 2.09. The molecule has 0 unspecified atom stereocenters. The third-order valence-corrected chi connectivity index (χ3v) is 4.95. The first-order valence-corrected chi connectivity index (χ1v) is 10.5. The third kappa shape index (κ3) is 5.75. The van der Waals surface area contributed by atoms with Gasteiger partial charge in [-0.2, -0.15) is 5.10 Å². The Hall–Kier alpha value is -3.54. The number of carbonyl (C=O) groups excluding carboxylic acids is 1. The van der Waals surface area contributed by atoms with Gasteiger partial charge in [0, 0.05) is 11.3 Å². The summed E-state index contributed by atoms with van der Waals surface area (Å²) < 4.78 is 11.4. The molecule has 6 nitrogen and oxygen atoms in total. The van der Waals surface area contributed by atoms with Crippen LogP contribution in [-0.2, 0) is 4.79 Å². The number of nitrogens with one attached hydrogen (secondary N) is 2. The number of hydrogen-bond donors (Lipinski definition) is 2. The smallest absolute Gasteiger partial charge is 0.259 e. The molecule has 0 aliphatic heterocycles. The average molecular weight is 420 g/mol. The molecule has 0 atom stereocenters. The first-order chi connectivity index (χ1) is 15.0. The molecule has 6 heteroatoms. The zero-order valence-electron chi connectivity index (χ0n) is 18.5. The number of hydrazone groups is 1. The van der Waals surface area contributed by atoms with Crippen molar-refractivity contribution in [2.45, 2.75) is 27.7 Å². The van der Waals surface area contributed by atoms with E-state index in [0.29, 0.717) is 19.0 Å². The molecular weight excluding hydrogens is 390 g/mol. The lowest BCUT2D eigenvalue weighted by molar-refractivity contribution is -0.119. The minimum atomic E-state index is -0.234. The Morgan fingerprint density at radius 2 is 1.74 bits per heavy atom. The number of aryl methyl sites for hydroxylation is 2. The van der Waals surface area contributed by atoms with Gasteiger partial charge in [-0.05, 0) is 79.9 Å². The van der Waals surface area contributed by atoms with Gasteiger partial charge in [-0.25, -0.2) is 5.43 Å². The Bertz CT molecular complexity index is 1090. The van der Waals surface area contributed by atoms with Crippen LogP contribution in [0.4, 0.5) is 5.69 Å². The van der Waals surface area contributed by atoms with Crippen molar-refractivity contribution in [3.8, 4) is 11.5 Å². The number of fused-ring (bicyclic) bond motifs is 1. The van der Waals surface area contributed by atoms with Gasteiger partial charge in [-0.3, -0.25) is 4.79 Å². The molecule has 0 fully saturated rings. The molecule has 3 aromatic carbocycles. The summed E-state index contributed by atoms with van der Waals surface area (Å²) in [5.74, 6) is 1.25. The number of hydrogen-bond acceptors (Lipinski definition) is 5. The van der Waals surface area contributed by atoms with Crippen LogP contribution in [0.15, 0.2) is 53.6 Å². The lowest BCUT2D eigenvalue weighted by Gasteiger charge is -2.12. The predicted molar refractivity (Wildman–Crippen MR) is 126 cm³/mol. The number of ether oxygens (including phenoxy) is 2. The van der Waals surface area contributed by atoms with E-state index in [0.717, 1.165) is 27.8 Å². The molecule has 0 saturated heterocycles. The fourth-order valence-corrected chi connectivity index (χ4v) is 3.22. The van der Waals surface area contributed by atoms with Crippen molar-refractivity contribution >= 4 is 28.6 Å². The minimum Gasteiger partial charge on any atom is -0.494 e. The molecule has 2 N–H and O–H groups in total. The second kappa shape index (κ2) is 10.5. The summed E-state index contributed by atoms with van der Waals surface area (Å²) in [6.45, 7) is 9.23. The Kier molecular flexibility index (Phi) is 7.49. The molecule has 31 heavy (non-hydrogen) atoms. The summed E-state index contributed by atoms with van der Waals surface area (Å²) in [6, 6.07) is 15.8. The largest absolute Gasteiger partial charge is 0.494 e. The van der Waals surface area contributed by atoms with Gasteiger partial charge < -0.3 is 14.8 Å². The van der Waals surface area contributed by atoms with Crippen molar-refractivity contribution in [2.24, 2.45) is 5.10 Å². The fraction of sp³-hybridized carbons (Fsp3) is 0.280. The zero-order valence-corrected chi connectivity index (χ0v) is 18.5. The second-order valence-corrected chi connectivity index (χ2v) is 7.17. The summed E-state index contributed by atoms with van der Waals surface area (Å²) in [4.78, 5) is 12.2. The Labute approximate surface area is 183 Å². The van der Waals surface area contributed by atoms with E-state index >= 15 is 0 Å². The van der Waals surface area contributed by atoms with E-state index in [1.807, 2.05) is 69.3 Å². The van der Waals surface area contributed by atoms with Crippen LogP contribution in [0.3, 0.4) is 0 Å². The maximum absolute atomic E-state index is 12.2. The Morgan fingerprint density at radius 3 is 2.48 bits per heavy atom. The first-order valence-electron chi connectivity index (χ1n) is 10.5. The molecule has 0 radical (unpaired) electrons. The molecule has 0 heterocycles. The molecule has 3 aromatic rings. The van der Waals surface area contributed by atoms with E-state index in [2.05, 4.69) is 22.8 Å². The molecule has 3 rings (SSSR count). The molecule has 1 amide bonds. The van der Waals surface area contributed by atoms with E-state index < -0.39 is 0 Å². The van der Waals surface area contributed by atoms with Gasteiger partial charge >= 0.3 is 0 Å². The van der Waals surface area contributed by atoms with E-state index in [4.69, 9.17) is 9.47 Å². The molecule has 0 bridgehead atoms. The van der Waals surface area contributed by atoms with Crippen LogP contribution in [0.1, 0.15) is 30.5 Å². The number of carbonyl (C=O) groups is 1. The van der Waals surface area contributed by atoms with Crippen LogP contribution in [0.25, 0.3) is 10.8 Å². The van der Waals surface area contributed by atoms with Crippen molar-refractivity contribution in [2.75, 3.05) is 25.1 Å². The van der Waals surface area contributed by atoms with Crippen LogP contribution in [0.2, 0.25) is 0 Å². The van der Waals surface area contributed by atoms with Gasteiger partial charge in [0.2, 0.25) is 0 Å². The summed E-state index contributed by atoms with van der Waals surface area (Å²) in [5.41, 5.74) is 6.67. The van der Waals surface area contributed by atoms with E-state index in [9.17, 15) is 4.79 Å². The fourth-order valence-electron chi connectivity index (χ4n) is 3.22. The molecule has 0 saturated carbocycles. The van der Waals surface area contributed by atoms with Crippen LogP contribution in [-0.4, -0.2) is 31.9 Å². The van der Waals surface area contributed by atoms with Crippen LogP contribution < -0.4 is 20.2 Å². The molecule has 0 aromatic heterocycles. The van der Waals surface area contributed by atoms with E-state index in [1.54, 1.807) is 6.21 Å². The maximum Gasteiger partial charge on any atom is 0.259 e. The highest BCUT2D eigenvalue weighted by atomic mass is 16.5. The topological polar surface area (TPSA) is 72.0 Å². The quantitative estimate of drug-likeness (QED) is 0.385. The molecule has 162 valence electrons. The monoisotopic (exact) mass is 419 g/mol. The molecule has 0 aliphatic carbocycles. The summed E-state index contributed by atoms with van der Waals surface area (Å²) >= 11 is 0. The average Bonchev–Trinajstić information content (AvgIpc) is 2.76. The lowest BCUT2D eigenvalue weighted by Crippen LogP contribution is -2.25. The maximum atomic E-state index is 12.2. The van der Waals surface area contributed by atoms with Crippen LogP contribution >= 0.6 is 0 Å². The Morgan fingerprint density at radius 1 is 0.968 bits per heavy atom. The van der Waals surface area contributed by atoms with Crippen molar-refractivity contribution in [3.05, 3.63) is 65.2 Å². The van der Waals surface area contributed by atoms with E-state index in [-0.39, 0.29) is 12.5 Å². The Balaban J connectivity index is 1.74. The van der Waals surface area contributed by atoms with Gasteiger partial charge in [0.15, 0.2) is 0 Å². The van der Waals surface area contributed by atoms with Crippen molar-refractivity contribution in [1.29, 1.82) is 0 Å². The standard InChI is InChI=1S/C25H29N3O3/c1-5-30-21-11-8-19-9-12-24(31-6-2)23(22(19)14-21)15-27-28-25(29)16-26-20-10-7-17(3)18(4)13-20/h7-15,26H,5-6,16H2,1-4H3,(H,28,29)/b27-15-. The third-order valence-electron chi connectivity index (χ3n) is 4.95. The van der Waals surface area contributed by atoms with Crippen molar-refractivity contribution in [1.82, 2.24) is 5.43 Å². The summed E-state index contributed by atoms with van der Waals surface area (Å²) in [7, 11) is 0. The van der Waals surface area contributed by atoms with E-state index in [1.165, 1.54) is 11.1 Å². The highest BCUT2D eigenvalue weighted by Crippen LogP contribution is 2.30. The predicted octanol–water partition coefficient (Wildman–Crippen LogP) is 4.82. The summed E-state index contributed by atoms with van der Waals surface area (Å²) in [5, 5.41) is 9.27. The molecular formula is C25H29N3O3. The second-order valence-electron chi connectivity index (χ2n) is 7.17. The lowest BCUT2D eigenvalue weighted by atomic mass is 10.0. The van der Waals surface area contributed by atoms with Gasteiger partial charge in [0.05, 0.1) is 26.0 Å². The number of rotatable bonds is 9. The van der Waals surface area contributed by atoms with Crippen molar-refractivity contribution in [3.63, 3.8) is 0 Å². The number of nitrogens with zero attached hydrogens (tertiary/aromatic N) is 1. The summed E-state index contributed by atoms with van der Waals surface area (Å²) in [6.07, 6.45) is 1.62. The molecule has 0 aliphatic rings. The van der Waals surface area contributed by atoms with Gasteiger partial charge in [-0.15, -0.1) is 0 Å². The first kappa shape index (κ1) is 22.2. The number of amides is 1. The van der Waals surface area contributed by atoms with Gasteiger partial charge in [0.1, 0.15) is 11.5 Å². The van der Waals surface area contributed by atoms with Crippen molar-refractivity contribution < 1.29 is 14.3 Å². The van der Waals surface area contributed by atoms with Gasteiger partial charge in [-0.1, -0.05) is 18.2 Å². The normalized spacial score (nSPS) is 11.0. The zero-order chi connectivity index (χ0) is 22.2. The highest BCUT2D eigenvalue weighted by molar-refractivity contribution is 6.03. The van der Waals surface area contributed by atoms with Gasteiger partial charge in [0.25, 0.3) is 5.91 Å². The number of benzene rings is 3. The molecule has 0 spiro atoms. The minimum absolute atomic E-state index is 0.127. The SMILES string of the molecule is CCOc1ccc2ccc(OCC)c(/C=N\NC(=O)CNc3ccc(C)c(C)c3)c2c1. The number of anilines is 1.